The van der Waals surface area contributed by atoms with Crippen LogP contribution in [-0.2, 0) is 16.1 Å². The van der Waals surface area contributed by atoms with E-state index in [1.807, 2.05) is 12.1 Å². The van der Waals surface area contributed by atoms with Crippen LogP contribution in [0.1, 0.15) is 18.6 Å². The van der Waals surface area contributed by atoms with Gasteiger partial charge >= 0.3 is 0 Å². The summed E-state index contributed by atoms with van der Waals surface area (Å²) < 4.78 is 10.5. The average Bonchev–Trinajstić information content (AvgIpc) is 2.80. The molecule has 1 aromatic rings. The second kappa shape index (κ2) is 7.70. The van der Waals surface area contributed by atoms with E-state index in [9.17, 15) is 4.79 Å². The molecule has 0 spiro atoms. The molecule has 0 radical (unpaired) electrons. The number of carbonyl (C=O) groups is 1. The van der Waals surface area contributed by atoms with Gasteiger partial charge < -0.3 is 14.5 Å². The minimum absolute atomic E-state index is 0.128. The molecule has 4 heteroatoms. The van der Waals surface area contributed by atoms with Crippen molar-refractivity contribution in [1.82, 2.24) is 5.32 Å². The highest BCUT2D eigenvalue weighted by atomic mass is 16.5. The van der Waals surface area contributed by atoms with Gasteiger partial charge in [0.25, 0.3) is 0 Å². The van der Waals surface area contributed by atoms with Crippen molar-refractivity contribution in [2.75, 3.05) is 13.2 Å². The van der Waals surface area contributed by atoms with Crippen molar-refractivity contribution in [3.8, 4) is 0 Å². The molecule has 1 rings (SSSR count). The van der Waals surface area contributed by atoms with E-state index in [-0.39, 0.29) is 5.91 Å². The Morgan fingerprint density at radius 1 is 1.56 bits per heavy atom. The Morgan fingerprint density at radius 2 is 2.44 bits per heavy atom. The fourth-order valence-electron chi connectivity index (χ4n) is 1.18. The molecule has 0 fully saturated rings. The quantitative estimate of drug-likeness (QED) is 0.540. The predicted molar refractivity (Wildman–Crippen MR) is 60.8 cm³/mol. The lowest BCUT2D eigenvalue weighted by molar-refractivity contribution is -0.116. The molecular formula is C12H17NO3. The highest BCUT2D eigenvalue weighted by Gasteiger charge is 1.96. The van der Waals surface area contributed by atoms with Gasteiger partial charge in [0, 0.05) is 13.2 Å². The van der Waals surface area contributed by atoms with Gasteiger partial charge in [-0.05, 0) is 31.1 Å². The summed E-state index contributed by atoms with van der Waals surface area (Å²) in [5.74, 6) is 0.705. The number of furan rings is 1. The summed E-state index contributed by atoms with van der Waals surface area (Å²) in [5, 5.41) is 2.71. The SMILES string of the molecule is C=CC(=O)NCCCCOCc1ccco1. The molecule has 88 valence electrons. The van der Waals surface area contributed by atoms with Gasteiger partial charge in [0.1, 0.15) is 12.4 Å². The van der Waals surface area contributed by atoms with E-state index in [0.29, 0.717) is 19.8 Å². The van der Waals surface area contributed by atoms with Crippen molar-refractivity contribution in [2.24, 2.45) is 0 Å². The lowest BCUT2D eigenvalue weighted by Crippen LogP contribution is -2.22. The Morgan fingerprint density at radius 3 is 3.12 bits per heavy atom. The Hall–Kier alpha value is -1.55. The summed E-state index contributed by atoms with van der Waals surface area (Å²) in [6, 6.07) is 3.72. The average molecular weight is 223 g/mol. The van der Waals surface area contributed by atoms with Crippen LogP contribution < -0.4 is 5.32 Å². The zero-order chi connectivity index (χ0) is 11.6. The van der Waals surface area contributed by atoms with E-state index in [1.165, 1.54) is 6.08 Å². The van der Waals surface area contributed by atoms with E-state index < -0.39 is 0 Å². The highest BCUT2D eigenvalue weighted by Crippen LogP contribution is 2.02. The lowest BCUT2D eigenvalue weighted by atomic mass is 10.3. The zero-order valence-corrected chi connectivity index (χ0v) is 9.28. The zero-order valence-electron chi connectivity index (χ0n) is 9.28. The maximum Gasteiger partial charge on any atom is 0.243 e. The van der Waals surface area contributed by atoms with Gasteiger partial charge in [-0.15, -0.1) is 0 Å². The Kier molecular flexibility index (Phi) is 6.03. The second-order valence-corrected chi connectivity index (χ2v) is 3.33. The molecule has 0 aromatic carbocycles. The van der Waals surface area contributed by atoms with E-state index in [4.69, 9.17) is 9.15 Å². The van der Waals surface area contributed by atoms with Gasteiger partial charge in [0.05, 0.1) is 6.26 Å². The standard InChI is InChI=1S/C12H17NO3/c1-2-12(14)13-7-3-4-8-15-10-11-6-5-9-16-11/h2,5-6,9H,1,3-4,7-8,10H2,(H,13,14). The molecule has 0 aliphatic carbocycles. The second-order valence-electron chi connectivity index (χ2n) is 3.33. The molecule has 0 saturated heterocycles. The van der Waals surface area contributed by atoms with E-state index in [2.05, 4.69) is 11.9 Å². The maximum atomic E-state index is 10.8. The first kappa shape index (κ1) is 12.5. The number of hydrogen-bond donors (Lipinski definition) is 1. The van der Waals surface area contributed by atoms with Crippen LogP contribution >= 0.6 is 0 Å². The molecule has 0 unspecified atom stereocenters. The molecule has 16 heavy (non-hydrogen) atoms. The van der Waals surface area contributed by atoms with Gasteiger partial charge in [-0.25, -0.2) is 0 Å². The van der Waals surface area contributed by atoms with Crippen molar-refractivity contribution in [2.45, 2.75) is 19.4 Å². The lowest BCUT2D eigenvalue weighted by Gasteiger charge is -2.03. The van der Waals surface area contributed by atoms with Crippen LogP contribution in [0.15, 0.2) is 35.5 Å². The molecule has 0 aliphatic rings. The van der Waals surface area contributed by atoms with Gasteiger partial charge in [-0.2, -0.15) is 0 Å². The molecule has 4 nitrogen and oxygen atoms in total. The molecular weight excluding hydrogens is 206 g/mol. The predicted octanol–water partition coefficient (Wildman–Crippen LogP) is 1.88. The molecule has 0 bridgehead atoms. The molecule has 0 atom stereocenters. The molecule has 0 saturated carbocycles. The Balaban J connectivity index is 1.89. The Labute approximate surface area is 95.3 Å². The van der Waals surface area contributed by atoms with E-state index in [0.717, 1.165) is 18.6 Å². The van der Waals surface area contributed by atoms with Crippen molar-refractivity contribution in [1.29, 1.82) is 0 Å². The minimum atomic E-state index is -0.128. The maximum absolute atomic E-state index is 10.8. The smallest absolute Gasteiger partial charge is 0.243 e. The van der Waals surface area contributed by atoms with Crippen molar-refractivity contribution in [3.63, 3.8) is 0 Å². The highest BCUT2D eigenvalue weighted by molar-refractivity contribution is 5.86. The number of unbranched alkanes of at least 4 members (excludes halogenated alkanes) is 1. The van der Waals surface area contributed by atoms with Crippen molar-refractivity contribution < 1.29 is 13.9 Å². The number of hydrogen-bond acceptors (Lipinski definition) is 3. The monoisotopic (exact) mass is 223 g/mol. The summed E-state index contributed by atoms with van der Waals surface area (Å²) >= 11 is 0. The first-order valence-electron chi connectivity index (χ1n) is 5.33. The van der Waals surface area contributed by atoms with Crippen LogP contribution in [0.5, 0.6) is 0 Å². The minimum Gasteiger partial charge on any atom is -0.467 e. The van der Waals surface area contributed by atoms with E-state index in [1.54, 1.807) is 6.26 Å². The van der Waals surface area contributed by atoms with Crippen LogP contribution in [0.25, 0.3) is 0 Å². The number of rotatable bonds is 8. The molecule has 1 amide bonds. The van der Waals surface area contributed by atoms with Gasteiger partial charge in [0.15, 0.2) is 0 Å². The third-order valence-electron chi connectivity index (χ3n) is 2.02. The molecule has 1 heterocycles. The fourth-order valence-corrected chi connectivity index (χ4v) is 1.18. The third-order valence-corrected chi connectivity index (χ3v) is 2.02. The Bertz CT molecular complexity index is 306. The summed E-state index contributed by atoms with van der Waals surface area (Å²) in [7, 11) is 0. The first-order valence-corrected chi connectivity index (χ1v) is 5.33. The first-order chi connectivity index (χ1) is 7.83. The number of nitrogens with one attached hydrogen (secondary N) is 1. The molecule has 1 aromatic heterocycles. The summed E-state index contributed by atoms with van der Waals surface area (Å²) in [6.07, 6.45) is 4.72. The largest absolute Gasteiger partial charge is 0.467 e. The number of ether oxygens (including phenoxy) is 1. The summed E-state index contributed by atoms with van der Waals surface area (Å²) in [5.41, 5.74) is 0. The van der Waals surface area contributed by atoms with Crippen molar-refractivity contribution in [3.05, 3.63) is 36.8 Å². The topological polar surface area (TPSA) is 51.5 Å². The van der Waals surface area contributed by atoms with Crippen LogP contribution in [-0.4, -0.2) is 19.1 Å². The van der Waals surface area contributed by atoms with Crippen LogP contribution in [0.3, 0.4) is 0 Å². The van der Waals surface area contributed by atoms with E-state index >= 15 is 0 Å². The summed E-state index contributed by atoms with van der Waals surface area (Å²) in [6.45, 7) is 5.21. The number of amides is 1. The molecule has 0 aliphatic heterocycles. The van der Waals surface area contributed by atoms with Gasteiger partial charge in [0.2, 0.25) is 5.91 Å². The molecule has 1 N–H and O–H groups in total. The van der Waals surface area contributed by atoms with Gasteiger partial charge in [-0.1, -0.05) is 6.58 Å². The van der Waals surface area contributed by atoms with Crippen LogP contribution in [0, 0.1) is 0 Å². The summed E-state index contributed by atoms with van der Waals surface area (Å²) in [4.78, 5) is 10.8. The third kappa shape index (κ3) is 5.36. The van der Waals surface area contributed by atoms with Crippen molar-refractivity contribution >= 4 is 5.91 Å². The number of carbonyl (C=O) groups excluding carboxylic acids is 1. The fraction of sp³-hybridized carbons (Fsp3) is 0.417. The normalized spacial score (nSPS) is 10.0. The van der Waals surface area contributed by atoms with Gasteiger partial charge in [-0.3, -0.25) is 4.79 Å². The van der Waals surface area contributed by atoms with Crippen LogP contribution in [0.2, 0.25) is 0 Å². The van der Waals surface area contributed by atoms with Crippen LogP contribution in [0.4, 0.5) is 0 Å².